The molecule has 0 unspecified atom stereocenters. The lowest BCUT2D eigenvalue weighted by atomic mass is 10.1. The highest BCUT2D eigenvalue weighted by molar-refractivity contribution is 7.13. The number of methoxy groups -OCH3 is 1. The smallest absolute Gasteiger partial charge is 0.268 e. The Hall–Kier alpha value is -2.60. The average Bonchev–Trinajstić information content (AvgIpc) is 2.98. The molecule has 0 atom stereocenters. The molecule has 0 aliphatic rings. The zero-order valence-corrected chi connectivity index (χ0v) is 15.6. The maximum absolute atomic E-state index is 12.2. The molecule has 0 aliphatic heterocycles. The fraction of sp³-hybridized carbons (Fsp3) is 0.300. The second-order valence-electron chi connectivity index (χ2n) is 6.05. The quantitative estimate of drug-likeness (QED) is 0.662. The first kappa shape index (κ1) is 18.2. The number of amides is 1. The lowest BCUT2D eigenvalue weighted by Gasteiger charge is -2.06. The Morgan fingerprint density at radius 3 is 2.65 bits per heavy atom. The van der Waals surface area contributed by atoms with Gasteiger partial charge in [-0.2, -0.15) is 0 Å². The van der Waals surface area contributed by atoms with Crippen molar-refractivity contribution in [3.63, 3.8) is 0 Å². The summed E-state index contributed by atoms with van der Waals surface area (Å²) in [5.74, 6) is 0.849. The van der Waals surface area contributed by atoms with Crippen LogP contribution in [0.2, 0.25) is 0 Å². The fourth-order valence-electron chi connectivity index (χ4n) is 2.77. The number of carbonyl (C=O) groups is 1. The molecule has 26 heavy (non-hydrogen) atoms. The minimum absolute atomic E-state index is 0.0210. The minimum atomic E-state index is 0.0210. The number of carbonyl (C=O) groups excluding carboxylic acids is 1. The van der Waals surface area contributed by atoms with Crippen molar-refractivity contribution in [1.82, 2.24) is 9.27 Å². The highest BCUT2D eigenvalue weighted by Crippen LogP contribution is 2.16. The molecule has 6 heteroatoms. The normalized spacial score (nSPS) is 10.8. The molecule has 0 spiro atoms. The molecule has 5 nitrogen and oxygen atoms in total. The first-order valence-electron chi connectivity index (χ1n) is 8.66. The second kappa shape index (κ2) is 8.67. The van der Waals surface area contributed by atoms with Gasteiger partial charge >= 0.3 is 0 Å². The molecule has 1 aromatic heterocycles. The molecule has 136 valence electrons. The van der Waals surface area contributed by atoms with Gasteiger partial charge in [0.2, 0.25) is 5.91 Å². The van der Waals surface area contributed by atoms with Crippen LogP contribution >= 0.6 is 11.5 Å². The van der Waals surface area contributed by atoms with Gasteiger partial charge in [0.15, 0.2) is 0 Å². The van der Waals surface area contributed by atoms with Crippen molar-refractivity contribution in [1.29, 1.82) is 0 Å². The summed E-state index contributed by atoms with van der Waals surface area (Å²) in [6.07, 6.45) is 1.86. The number of benzene rings is 2. The van der Waals surface area contributed by atoms with Gasteiger partial charge in [-0.15, -0.1) is 0 Å². The van der Waals surface area contributed by atoms with Crippen molar-refractivity contribution >= 4 is 27.5 Å². The van der Waals surface area contributed by atoms with E-state index in [1.807, 2.05) is 48.5 Å². The Morgan fingerprint density at radius 1 is 1.15 bits per heavy atom. The van der Waals surface area contributed by atoms with E-state index in [9.17, 15) is 9.59 Å². The molecule has 0 fully saturated rings. The third-order valence-corrected chi connectivity index (χ3v) is 5.33. The van der Waals surface area contributed by atoms with Crippen molar-refractivity contribution in [3.8, 4) is 5.75 Å². The highest BCUT2D eigenvalue weighted by atomic mass is 32.1. The van der Waals surface area contributed by atoms with Crippen LogP contribution in [0.3, 0.4) is 0 Å². The topological polar surface area (TPSA) is 60.3 Å². The Bertz CT molecular complexity index is 928. The van der Waals surface area contributed by atoms with E-state index in [-0.39, 0.29) is 11.5 Å². The van der Waals surface area contributed by atoms with E-state index < -0.39 is 0 Å². The molecule has 1 amide bonds. The van der Waals surface area contributed by atoms with Crippen LogP contribution in [0.5, 0.6) is 5.75 Å². The molecule has 0 aliphatic carbocycles. The van der Waals surface area contributed by atoms with Crippen molar-refractivity contribution in [2.45, 2.75) is 25.8 Å². The molecule has 1 N–H and O–H groups in total. The van der Waals surface area contributed by atoms with Gasteiger partial charge in [-0.3, -0.25) is 13.5 Å². The highest BCUT2D eigenvalue weighted by Gasteiger charge is 2.07. The molecule has 3 aromatic rings. The van der Waals surface area contributed by atoms with Crippen LogP contribution < -0.4 is 15.6 Å². The van der Waals surface area contributed by atoms with Gasteiger partial charge in [0.25, 0.3) is 5.56 Å². The van der Waals surface area contributed by atoms with Crippen LogP contribution in [0.15, 0.2) is 53.3 Å². The van der Waals surface area contributed by atoms with Gasteiger partial charge < -0.3 is 10.1 Å². The zero-order valence-electron chi connectivity index (χ0n) is 14.7. The maximum atomic E-state index is 12.2. The lowest BCUT2D eigenvalue weighted by molar-refractivity contribution is -0.121. The van der Waals surface area contributed by atoms with Crippen LogP contribution in [0.4, 0.5) is 0 Å². The van der Waals surface area contributed by atoms with Crippen molar-refractivity contribution in [3.05, 3.63) is 64.4 Å². The van der Waals surface area contributed by atoms with Crippen molar-refractivity contribution < 1.29 is 9.53 Å². The monoisotopic (exact) mass is 370 g/mol. The molecular weight excluding hydrogens is 348 g/mol. The number of fused-ring (bicyclic) bond motifs is 1. The van der Waals surface area contributed by atoms with Gasteiger partial charge in [-0.05, 0) is 42.7 Å². The number of aryl methyl sites for hydroxylation is 1. The second-order valence-corrected chi connectivity index (χ2v) is 7.11. The van der Waals surface area contributed by atoms with Gasteiger partial charge in [-0.1, -0.05) is 35.8 Å². The maximum Gasteiger partial charge on any atom is 0.268 e. The van der Waals surface area contributed by atoms with Gasteiger partial charge in [0.1, 0.15) is 5.75 Å². The Labute approximate surface area is 156 Å². The van der Waals surface area contributed by atoms with E-state index in [1.165, 1.54) is 11.5 Å². The third kappa shape index (κ3) is 4.52. The van der Waals surface area contributed by atoms with Crippen molar-refractivity contribution in [2.24, 2.45) is 0 Å². The summed E-state index contributed by atoms with van der Waals surface area (Å²) in [7, 11) is 1.64. The molecule has 0 bridgehead atoms. The van der Waals surface area contributed by atoms with E-state index in [4.69, 9.17) is 4.74 Å². The molecule has 0 radical (unpaired) electrons. The standard InChI is InChI=1S/C20H22N2O3S/c1-25-16-10-8-15(9-11-16)12-13-21-19(23)7-4-14-22-20(24)17-5-2-3-6-18(17)26-22/h2-3,5-6,8-11H,4,7,12-14H2,1H3,(H,21,23). The Balaban J connectivity index is 1.41. The molecular formula is C20H22N2O3S. The van der Waals surface area contributed by atoms with Crippen LogP contribution in [0.1, 0.15) is 18.4 Å². The summed E-state index contributed by atoms with van der Waals surface area (Å²) in [6, 6.07) is 15.4. The predicted molar refractivity (Wildman–Crippen MR) is 105 cm³/mol. The van der Waals surface area contributed by atoms with Gasteiger partial charge in [0.05, 0.1) is 17.2 Å². The summed E-state index contributed by atoms with van der Waals surface area (Å²) < 4.78 is 7.85. The number of ether oxygens (including phenoxy) is 1. The first-order chi connectivity index (χ1) is 12.7. The summed E-state index contributed by atoms with van der Waals surface area (Å²) in [5.41, 5.74) is 1.19. The Morgan fingerprint density at radius 2 is 1.92 bits per heavy atom. The minimum Gasteiger partial charge on any atom is -0.497 e. The van der Waals surface area contributed by atoms with E-state index in [2.05, 4.69) is 5.32 Å². The summed E-state index contributed by atoms with van der Waals surface area (Å²) in [6.45, 7) is 1.18. The third-order valence-electron chi connectivity index (χ3n) is 4.21. The lowest BCUT2D eigenvalue weighted by Crippen LogP contribution is -2.26. The largest absolute Gasteiger partial charge is 0.497 e. The van der Waals surface area contributed by atoms with Gasteiger partial charge in [-0.25, -0.2) is 0 Å². The number of hydrogen-bond acceptors (Lipinski definition) is 4. The number of rotatable bonds is 8. The van der Waals surface area contributed by atoms with Gasteiger partial charge in [0, 0.05) is 19.5 Å². The van der Waals surface area contributed by atoms with Crippen LogP contribution in [-0.4, -0.2) is 23.5 Å². The van der Waals surface area contributed by atoms with Crippen LogP contribution in [0, 0.1) is 0 Å². The summed E-state index contributed by atoms with van der Waals surface area (Å²) >= 11 is 1.46. The fourth-order valence-corrected chi connectivity index (χ4v) is 3.81. The van der Waals surface area contributed by atoms with E-state index in [1.54, 1.807) is 11.1 Å². The Kier molecular flexibility index (Phi) is 6.07. The number of hydrogen-bond donors (Lipinski definition) is 1. The summed E-state index contributed by atoms with van der Waals surface area (Å²) in [5, 5.41) is 3.68. The summed E-state index contributed by atoms with van der Waals surface area (Å²) in [4.78, 5) is 24.2. The zero-order chi connectivity index (χ0) is 18.4. The number of nitrogens with one attached hydrogen (secondary N) is 1. The van der Waals surface area contributed by atoms with E-state index in [0.717, 1.165) is 27.8 Å². The molecule has 2 aromatic carbocycles. The first-order valence-corrected chi connectivity index (χ1v) is 9.43. The number of aromatic nitrogens is 1. The number of nitrogens with zero attached hydrogens (tertiary/aromatic N) is 1. The molecule has 0 saturated heterocycles. The van der Waals surface area contributed by atoms with E-state index >= 15 is 0 Å². The molecule has 1 heterocycles. The molecule has 3 rings (SSSR count). The van der Waals surface area contributed by atoms with Crippen LogP contribution in [-0.2, 0) is 17.8 Å². The van der Waals surface area contributed by atoms with Crippen LogP contribution in [0.25, 0.3) is 10.1 Å². The SMILES string of the molecule is COc1ccc(CCNC(=O)CCCn2sc3ccccc3c2=O)cc1. The average molecular weight is 370 g/mol. The predicted octanol–water partition coefficient (Wildman–Crippen LogP) is 3.21. The molecule has 0 saturated carbocycles. The van der Waals surface area contributed by atoms with Crippen molar-refractivity contribution in [2.75, 3.05) is 13.7 Å². The van der Waals surface area contributed by atoms with E-state index in [0.29, 0.717) is 25.9 Å².